The van der Waals surface area contributed by atoms with E-state index < -0.39 is 35.0 Å². The number of fused-ring (bicyclic) bond motifs is 1. The number of amides is 2. The molecule has 8 heteroatoms. The van der Waals surface area contributed by atoms with E-state index in [-0.39, 0.29) is 12.5 Å². The van der Waals surface area contributed by atoms with Crippen LogP contribution in [0.4, 0.5) is 14.5 Å². The Balaban J connectivity index is 2.46. The van der Waals surface area contributed by atoms with Gasteiger partial charge in [-0.15, -0.1) is 0 Å². The predicted molar refractivity (Wildman–Crippen MR) is 132 cm³/mol. The Hall–Kier alpha value is -2.51. The fraction of sp³-hybridized carbons (Fsp3) is 0.654. The average molecular weight is 479 g/mol. The first-order valence-electron chi connectivity index (χ1n) is 12.0. The van der Waals surface area contributed by atoms with Gasteiger partial charge < -0.3 is 11.1 Å². The third kappa shape index (κ3) is 7.24. The highest BCUT2D eigenvalue weighted by molar-refractivity contribution is 6.00. The largest absolute Gasteiger partial charge is 0.370 e. The number of alkyl halides is 2. The zero-order valence-corrected chi connectivity index (χ0v) is 21.5. The molecule has 0 radical (unpaired) electrons. The quantitative estimate of drug-likeness (QED) is 0.337. The predicted octanol–water partition coefficient (Wildman–Crippen LogP) is 5.17. The van der Waals surface area contributed by atoms with Crippen LogP contribution in [0.2, 0.25) is 0 Å². The molecular weight excluding hydrogens is 438 g/mol. The van der Waals surface area contributed by atoms with Gasteiger partial charge in [-0.2, -0.15) is 0 Å². The minimum atomic E-state index is -2.05. The molecule has 1 aromatic rings. The number of carbonyl (C=O) groups excluding carboxylic acids is 2. The number of halogens is 2. The van der Waals surface area contributed by atoms with Gasteiger partial charge in [-0.25, -0.2) is 8.78 Å². The minimum absolute atomic E-state index is 0.0515. The summed E-state index contributed by atoms with van der Waals surface area (Å²) in [7, 11) is 0. The lowest BCUT2D eigenvalue weighted by atomic mass is 9.82. The molecule has 6 nitrogen and oxygen atoms in total. The molecule has 2 amide bonds. The molecule has 3 unspecified atom stereocenters. The number of rotatable bonds is 9. The Morgan fingerprint density at radius 1 is 1.21 bits per heavy atom. The zero-order valence-electron chi connectivity index (χ0n) is 21.5. The summed E-state index contributed by atoms with van der Waals surface area (Å²) in [6, 6.07) is 5.26. The Bertz CT molecular complexity index is 918. The number of benzene rings is 1. The number of hydrogen-bond acceptors (Lipinski definition) is 3. The first kappa shape index (κ1) is 27.7. The summed E-state index contributed by atoms with van der Waals surface area (Å²) >= 11 is 0. The fourth-order valence-electron chi connectivity index (χ4n) is 4.88. The van der Waals surface area contributed by atoms with Gasteiger partial charge in [-0.05, 0) is 88.0 Å². The van der Waals surface area contributed by atoms with Crippen LogP contribution in [0.1, 0.15) is 78.4 Å². The molecule has 0 heterocycles. The number of carbonyl (C=O) groups is 2. The third-order valence-corrected chi connectivity index (χ3v) is 6.17. The second-order valence-electron chi connectivity index (χ2n) is 11.3. The molecule has 0 spiro atoms. The van der Waals surface area contributed by atoms with Crippen molar-refractivity contribution in [3.63, 3.8) is 0 Å². The molecule has 1 aliphatic rings. The molecule has 2 rings (SSSR count). The lowest BCUT2D eigenvalue weighted by Gasteiger charge is -2.31. The summed E-state index contributed by atoms with van der Waals surface area (Å²) in [5.41, 5.74) is 3.99. The van der Waals surface area contributed by atoms with Crippen LogP contribution in [-0.4, -0.2) is 40.6 Å². The molecule has 0 saturated carbocycles. The van der Waals surface area contributed by atoms with Crippen molar-refractivity contribution in [1.82, 2.24) is 4.90 Å². The van der Waals surface area contributed by atoms with Gasteiger partial charge in [0, 0.05) is 5.69 Å². The molecule has 190 valence electrons. The first-order valence-corrected chi connectivity index (χ1v) is 12.0. The summed E-state index contributed by atoms with van der Waals surface area (Å²) in [6.45, 7) is 11.2. The fourth-order valence-corrected chi connectivity index (χ4v) is 4.88. The van der Waals surface area contributed by atoms with Crippen LogP contribution in [-0.2, 0) is 16.0 Å². The van der Waals surface area contributed by atoms with Gasteiger partial charge in [0.1, 0.15) is 5.67 Å². The van der Waals surface area contributed by atoms with Crippen LogP contribution in [0, 0.1) is 23.2 Å². The summed E-state index contributed by atoms with van der Waals surface area (Å²) in [4.78, 5) is 26.9. The van der Waals surface area contributed by atoms with E-state index in [1.54, 1.807) is 12.1 Å². The van der Waals surface area contributed by atoms with Crippen molar-refractivity contribution in [3.8, 4) is 0 Å². The Kier molecular flexibility index (Phi) is 8.48. The summed E-state index contributed by atoms with van der Waals surface area (Å²) in [5, 5.41) is 10.5. The van der Waals surface area contributed by atoms with Crippen molar-refractivity contribution >= 4 is 23.5 Å². The van der Waals surface area contributed by atoms with Crippen molar-refractivity contribution < 1.29 is 18.4 Å². The van der Waals surface area contributed by atoms with Crippen molar-refractivity contribution in [1.29, 1.82) is 5.41 Å². The van der Waals surface area contributed by atoms with Crippen molar-refractivity contribution in [2.45, 2.75) is 85.0 Å². The monoisotopic (exact) mass is 478 g/mol. The number of guanidine groups is 1. The molecule has 0 bridgehead atoms. The van der Waals surface area contributed by atoms with E-state index in [9.17, 15) is 18.4 Å². The molecule has 34 heavy (non-hydrogen) atoms. The second-order valence-corrected chi connectivity index (χ2v) is 11.3. The standard InChI is InChI=1S/C26H40F2N4O2/c1-15(2)10-16(3)11-18-12-17-8-9-19(31-23(34)26(6,7)28)13-20(17)21(18)22(33)32(24(29)30)14-25(4,5)27/h8-9,13,15-16,18,21H,10-12,14H2,1-7H3,(H3,29,30)(H,31,34). The summed E-state index contributed by atoms with van der Waals surface area (Å²) < 4.78 is 28.5. The number of nitrogens with zero attached hydrogens (tertiary/aromatic N) is 1. The Morgan fingerprint density at radius 3 is 2.32 bits per heavy atom. The molecule has 0 fully saturated rings. The summed E-state index contributed by atoms with van der Waals surface area (Å²) in [5.74, 6) is -1.50. The minimum Gasteiger partial charge on any atom is -0.370 e. The summed E-state index contributed by atoms with van der Waals surface area (Å²) in [6.07, 6.45) is 2.45. The van der Waals surface area contributed by atoms with Crippen LogP contribution < -0.4 is 11.1 Å². The van der Waals surface area contributed by atoms with Crippen LogP contribution in [0.15, 0.2) is 18.2 Å². The van der Waals surface area contributed by atoms with Gasteiger partial charge in [0.2, 0.25) is 5.91 Å². The van der Waals surface area contributed by atoms with Gasteiger partial charge in [-0.1, -0.05) is 26.8 Å². The van der Waals surface area contributed by atoms with Crippen molar-refractivity contribution in [2.24, 2.45) is 23.5 Å². The number of anilines is 1. The van der Waals surface area contributed by atoms with Gasteiger partial charge in [-0.3, -0.25) is 19.9 Å². The first-order chi connectivity index (χ1) is 15.5. The van der Waals surface area contributed by atoms with E-state index in [2.05, 4.69) is 26.1 Å². The van der Waals surface area contributed by atoms with Crippen molar-refractivity contribution in [2.75, 3.05) is 11.9 Å². The van der Waals surface area contributed by atoms with E-state index in [4.69, 9.17) is 11.1 Å². The smallest absolute Gasteiger partial charge is 0.261 e. The maximum Gasteiger partial charge on any atom is 0.261 e. The second kappa shape index (κ2) is 10.4. The SMILES string of the molecule is CC(C)CC(C)CC1Cc2ccc(NC(=O)C(C)(C)F)cc2C1C(=O)N(CC(C)(C)F)C(=N)N. The molecule has 1 aliphatic carbocycles. The van der Waals surface area contributed by atoms with Crippen LogP contribution in [0.3, 0.4) is 0 Å². The third-order valence-electron chi connectivity index (χ3n) is 6.17. The molecule has 0 saturated heterocycles. The van der Waals surface area contributed by atoms with Gasteiger partial charge in [0.15, 0.2) is 11.6 Å². The average Bonchev–Trinajstić information content (AvgIpc) is 3.00. The van der Waals surface area contributed by atoms with Crippen molar-refractivity contribution in [3.05, 3.63) is 29.3 Å². The van der Waals surface area contributed by atoms with Crippen LogP contribution >= 0.6 is 0 Å². The lowest BCUT2D eigenvalue weighted by molar-refractivity contribution is -0.131. The Morgan fingerprint density at radius 2 is 1.82 bits per heavy atom. The molecule has 4 N–H and O–H groups in total. The number of nitrogens with one attached hydrogen (secondary N) is 2. The van der Waals surface area contributed by atoms with Crippen LogP contribution in [0.5, 0.6) is 0 Å². The Labute approximate surface area is 202 Å². The van der Waals surface area contributed by atoms with E-state index in [1.165, 1.54) is 27.7 Å². The molecular formula is C26H40F2N4O2. The lowest BCUT2D eigenvalue weighted by Crippen LogP contribution is -2.49. The zero-order chi connectivity index (χ0) is 26.0. The van der Waals surface area contributed by atoms with Gasteiger partial charge >= 0.3 is 0 Å². The van der Waals surface area contributed by atoms with E-state index in [0.29, 0.717) is 29.5 Å². The molecule has 0 aliphatic heterocycles. The normalized spacial score (nSPS) is 19.0. The molecule has 3 atom stereocenters. The highest BCUT2D eigenvalue weighted by Crippen LogP contribution is 2.44. The number of hydrogen-bond donors (Lipinski definition) is 3. The highest BCUT2D eigenvalue weighted by Gasteiger charge is 2.42. The van der Waals surface area contributed by atoms with Gasteiger partial charge in [0.25, 0.3) is 5.91 Å². The maximum atomic E-state index is 14.5. The van der Waals surface area contributed by atoms with E-state index in [1.807, 2.05) is 6.07 Å². The number of nitrogens with two attached hydrogens (primary N) is 1. The highest BCUT2D eigenvalue weighted by atomic mass is 19.1. The maximum absolute atomic E-state index is 14.5. The van der Waals surface area contributed by atoms with Gasteiger partial charge in [0.05, 0.1) is 12.5 Å². The molecule has 0 aromatic heterocycles. The van der Waals surface area contributed by atoms with E-state index in [0.717, 1.165) is 23.3 Å². The van der Waals surface area contributed by atoms with E-state index >= 15 is 0 Å². The molecule has 1 aromatic carbocycles. The topological polar surface area (TPSA) is 99.3 Å². The van der Waals surface area contributed by atoms with Crippen LogP contribution in [0.25, 0.3) is 0 Å².